The minimum atomic E-state index is -0.516. The molecule has 4 aliphatic heterocycles. The Hall–Kier alpha value is -3.58. The quantitative estimate of drug-likeness (QED) is 0.415. The summed E-state index contributed by atoms with van der Waals surface area (Å²) in [5.41, 5.74) is 5.72. The number of amides is 1. The first-order valence-corrected chi connectivity index (χ1v) is 17.4. The van der Waals surface area contributed by atoms with Gasteiger partial charge in [-0.15, -0.1) is 0 Å². The standard InChI is InChI=1S/C36H49N7O3/c1-36(2,3)46-35(44)43-26-13-14-27(43)21-42(20-26)33-29-16-19-41(31-12-6-10-24-8-5-9-25(15-17-37)32(24)31)22-30(29)38-34(39-33)45-23-28-11-7-18-40(28)4/h6,10,12,25-28H,5,7-9,11,13-16,18-23H2,1-4H3/t25?,26-,27+,28-/m0/s1. The molecule has 2 bridgehead atoms. The largest absolute Gasteiger partial charge is 0.462 e. The van der Waals surface area contributed by atoms with Crippen molar-refractivity contribution in [3.63, 3.8) is 0 Å². The number of aromatic nitrogens is 2. The first kappa shape index (κ1) is 31.0. The lowest BCUT2D eigenvalue weighted by Gasteiger charge is -2.43. The van der Waals surface area contributed by atoms with Crippen LogP contribution in [0.5, 0.6) is 6.01 Å². The minimum absolute atomic E-state index is 0.101. The van der Waals surface area contributed by atoms with Gasteiger partial charge in [0.1, 0.15) is 18.0 Å². The van der Waals surface area contributed by atoms with Crippen molar-refractivity contribution in [3.05, 3.63) is 40.6 Å². The summed E-state index contributed by atoms with van der Waals surface area (Å²) in [6.45, 7) is 10.5. The number of hydrogen-bond acceptors (Lipinski definition) is 9. The van der Waals surface area contributed by atoms with Gasteiger partial charge in [0.2, 0.25) is 0 Å². The number of hydrogen-bond donors (Lipinski definition) is 0. The third-order valence-corrected chi connectivity index (χ3v) is 10.7. The molecule has 46 heavy (non-hydrogen) atoms. The number of likely N-dealkylation sites (tertiary alicyclic amines) is 1. The third-order valence-electron chi connectivity index (χ3n) is 10.7. The van der Waals surface area contributed by atoms with Crippen LogP contribution in [0, 0.1) is 11.3 Å². The molecule has 2 aromatic rings. The average Bonchev–Trinajstić information content (AvgIpc) is 3.56. The Labute approximate surface area is 273 Å². The number of ether oxygens (including phenoxy) is 2. The Morgan fingerprint density at radius 1 is 1.02 bits per heavy atom. The molecule has 3 saturated heterocycles. The van der Waals surface area contributed by atoms with Crippen LogP contribution in [0.2, 0.25) is 0 Å². The number of benzene rings is 1. The van der Waals surface area contributed by atoms with Crippen molar-refractivity contribution in [3.8, 4) is 12.1 Å². The van der Waals surface area contributed by atoms with Gasteiger partial charge in [-0.05, 0) is 109 Å². The summed E-state index contributed by atoms with van der Waals surface area (Å²) in [6.07, 6.45) is 8.75. The van der Waals surface area contributed by atoms with Crippen LogP contribution in [0.1, 0.15) is 94.0 Å². The normalized spacial score (nSPS) is 26.0. The molecule has 1 unspecified atom stereocenters. The number of anilines is 2. The zero-order chi connectivity index (χ0) is 32.0. The molecule has 0 N–H and O–H groups in total. The molecular weight excluding hydrogens is 578 g/mol. The van der Waals surface area contributed by atoms with Crippen molar-refractivity contribution in [2.24, 2.45) is 0 Å². The van der Waals surface area contributed by atoms with Crippen molar-refractivity contribution in [1.82, 2.24) is 19.8 Å². The molecule has 10 heteroatoms. The molecule has 5 heterocycles. The fraction of sp³-hybridized carbons (Fsp3) is 0.667. The molecule has 7 rings (SSSR count). The molecule has 0 radical (unpaired) electrons. The molecule has 5 aliphatic rings. The van der Waals surface area contributed by atoms with Gasteiger partial charge < -0.3 is 24.2 Å². The monoisotopic (exact) mass is 627 g/mol. The van der Waals surface area contributed by atoms with Gasteiger partial charge in [0.15, 0.2) is 0 Å². The van der Waals surface area contributed by atoms with E-state index in [0.717, 1.165) is 82.6 Å². The summed E-state index contributed by atoms with van der Waals surface area (Å²) in [5.74, 6) is 1.25. The highest BCUT2D eigenvalue weighted by Crippen LogP contribution is 2.42. The van der Waals surface area contributed by atoms with Crippen molar-refractivity contribution in [2.75, 3.05) is 49.6 Å². The smallest absolute Gasteiger partial charge is 0.410 e. The number of piperazine rings is 1. The maximum Gasteiger partial charge on any atom is 0.410 e. The third kappa shape index (κ3) is 6.11. The van der Waals surface area contributed by atoms with Crippen LogP contribution in [0.3, 0.4) is 0 Å². The molecular formula is C36H49N7O3. The average molecular weight is 628 g/mol. The maximum atomic E-state index is 13.2. The van der Waals surface area contributed by atoms with Gasteiger partial charge >= 0.3 is 12.1 Å². The fourth-order valence-electron chi connectivity index (χ4n) is 8.53. The molecule has 246 valence electrons. The van der Waals surface area contributed by atoms with Gasteiger partial charge in [0.25, 0.3) is 0 Å². The zero-order valence-electron chi connectivity index (χ0n) is 28.0. The van der Waals surface area contributed by atoms with Crippen LogP contribution < -0.4 is 14.5 Å². The predicted molar refractivity (Wildman–Crippen MR) is 177 cm³/mol. The van der Waals surface area contributed by atoms with E-state index < -0.39 is 5.60 Å². The molecule has 1 amide bonds. The van der Waals surface area contributed by atoms with Gasteiger partial charge in [-0.25, -0.2) is 4.79 Å². The van der Waals surface area contributed by atoms with E-state index in [1.165, 1.54) is 28.8 Å². The van der Waals surface area contributed by atoms with Gasteiger partial charge in [0, 0.05) is 43.3 Å². The van der Waals surface area contributed by atoms with Gasteiger partial charge in [-0.1, -0.05) is 12.1 Å². The van der Waals surface area contributed by atoms with E-state index in [4.69, 9.17) is 19.4 Å². The fourth-order valence-corrected chi connectivity index (χ4v) is 8.53. The summed E-state index contributed by atoms with van der Waals surface area (Å²) in [7, 11) is 2.16. The summed E-state index contributed by atoms with van der Waals surface area (Å²) in [4.78, 5) is 32.6. The lowest BCUT2D eigenvalue weighted by atomic mass is 9.80. The van der Waals surface area contributed by atoms with Crippen LogP contribution >= 0.6 is 0 Å². The highest BCUT2D eigenvalue weighted by molar-refractivity contribution is 5.70. The highest BCUT2D eigenvalue weighted by atomic mass is 16.6. The second kappa shape index (κ2) is 12.6. The number of likely N-dealkylation sites (N-methyl/N-ethyl adjacent to an activating group) is 1. The Balaban J connectivity index is 1.19. The number of nitriles is 1. The second-order valence-electron chi connectivity index (χ2n) is 15.0. The van der Waals surface area contributed by atoms with E-state index in [1.54, 1.807) is 0 Å². The molecule has 0 saturated carbocycles. The summed E-state index contributed by atoms with van der Waals surface area (Å²) in [5, 5.41) is 9.61. The number of rotatable bonds is 6. The van der Waals surface area contributed by atoms with Crippen LogP contribution in [0.25, 0.3) is 0 Å². The summed E-state index contributed by atoms with van der Waals surface area (Å²) >= 11 is 0. The van der Waals surface area contributed by atoms with Crippen LogP contribution in [-0.2, 0) is 24.1 Å². The Morgan fingerprint density at radius 2 is 1.83 bits per heavy atom. The molecule has 1 aromatic heterocycles. The second-order valence-corrected chi connectivity index (χ2v) is 15.0. The van der Waals surface area contributed by atoms with Crippen LogP contribution in [-0.4, -0.2) is 89.4 Å². The highest BCUT2D eigenvalue weighted by Gasteiger charge is 2.45. The summed E-state index contributed by atoms with van der Waals surface area (Å²) < 4.78 is 12.2. The lowest BCUT2D eigenvalue weighted by molar-refractivity contribution is 0.0122. The van der Waals surface area contributed by atoms with Gasteiger partial charge in [-0.2, -0.15) is 15.2 Å². The van der Waals surface area contributed by atoms with Crippen LogP contribution in [0.15, 0.2) is 18.2 Å². The zero-order valence-corrected chi connectivity index (χ0v) is 28.0. The number of fused-ring (bicyclic) bond motifs is 4. The van der Waals surface area contributed by atoms with E-state index in [1.807, 2.05) is 25.7 Å². The van der Waals surface area contributed by atoms with E-state index >= 15 is 0 Å². The van der Waals surface area contributed by atoms with Crippen molar-refractivity contribution >= 4 is 17.6 Å². The number of nitrogens with zero attached hydrogens (tertiary/aromatic N) is 7. The topological polar surface area (TPSA) is 98.1 Å². The maximum absolute atomic E-state index is 13.2. The van der Waals surface area contributed by atoms with Crippen molar-refractivity contribution in [2.45, 2.75) is 115 Å². The summed E-state index contributed by atoms with van der Waals surface area (Å²) in [6, 6.07) is 10.1. The minimum Gasteiger partial charge on any atom is -0.462 e. The number of carbonyl (C=O) groups excluding carboxylic acids is 1. The van der Waals surface area contributed by atoms with E-state index in [9.17, 15) is 10.1 Å². The SMILES string of the molecule is CN1CCC[C@H]1COc1nc2c(c(N3C[C@H]4CC[C@@H](C3)N4C(=O)OC(C)(C)C)n1)CCN(c1cccc3c1C(CC#N)CCC3)C2. The van der Waals surface area contributed by atoms with Crippen molar-refractivity contribution in [1.29, 1.82) is 5.26 Å². The molecule has 1 aliphatic carbocycles. The molecule has 3 fully saturated rings. The Kier molecular flexibility index (Phi) is 8.47. The van der Waals surface area contributed by atoms with Crippen molar-refractivity contribution < 1.29 is 14.3 Å². The van der Waals surface area contributed by atoms with E-state index in [0.29, 0.717) is 31.6 Å². The Morgan fingerprint density at radius 3 is 2.54 bits per heavy atom. The molecule has 1 aromatic carbocycles. The number of aryl methyl sites for hydroxylation is 1. The predicted octanol–water partition coefficient (Wildman–Crippen LogP) is 5.43. The lowest BCUT2D eigenvalue weighted by Crippen LogP contribution is -2.57. The van der Waals surface area contributed by atoms with Gasteiger partial charge in [0.05, 0.1) is 30.4 Å². The van der Waals surface area contributed by atoms with E-state index in [2.05, 4.69) is 46.0 Å². The first-order chi connectivity index (χ1) is 22.2. The Bertz CT molecular complexity index is 1490. The molecule has 4 atom stereocenters. The number of carbonyl (C=O) groups is 1. The van der Waals surface area contributed by atoms with Gasteiger partial charge in [-0.3, -0.25) is 4.90 Å². The van der Waals surface area contributed by atoms with E-state index in [-0.39, 0.29) is 24.1 Å². The van der Waals surface area contributed by atoms with Crippen LogP contribution in [0.4, 0.5) is 16.3 Å². The molecule has 0 spiro atoms. The molecule has 10 nitrogen and oxygen atoms in total. The first-order valence-electron chi connectivity index (χ1n) is 17.4.